The first kappa shape index (κ1) is 25.1. The van der Waals surface area contributed by atoms with Crippen molar-refractivity contribution in [3.05, 3.63) is 71.8 Å². The largest absolute Gasteiger partial charge is 0.375 e. The zero-order valence-corrected chi connectivity index (χ0v) is 20.5. The average molecular weight is 460 g/mol. The van der Waals surface area contributed by atoms with Crippen molar-refractivity contribution in [2.45, 2.75) is 76.9 Å². The van der Waals surface area contributed by atoms with E-state index in [1.54, 1.807) is 0 Å². The van der Waals surface area contributed by atoms with Crippen LogP contribution in [0.15, 0.2) is 60.7 Å². The van der Waals surface area contributed by atoms with Gasteiger partial charge in [0.1, 0.15) is 11.0 Å². The summed E-state index contributed by atoms with van der Waals surface area (Å²) in [5.74, 6) is 0.0906. The predicted molar refractivity (Wildman–Crippen MR) is 129 cm³/mol. The first-order valence-electron chi connectivity index (χ1n) is 11.4. The Balaban J connectivity index is 1.85. The second-order valence-electron chi connectivity index (χ2n) is 9.61. The molecule has 0 bridgehead atoms. The molecule has 2 aromatic rings. The first-order valence-corrected chi connectivity index (χ1v) is 12.5. The molecule has 1 saturated heterocycles. The summed E-state index contributed by atoms with van der Waals surface area (Å²) in [7, 11) is -1.28. The van der Waals surface area contributed by atoms with E-state index in [4.69, 9.17) is 9.47 Å². The van der Waals surface area contributed by atoms with Gasteiger partial charge in [0.25, 0.3) is 0 Å². The van der Waals surface area contributed by atoms with Gasteiger partial charge >= 0.3 is 0 Å². The molecule has 3 rings (SSSR count). The fourth-order valence-corrected chi connectivity index (χ4v) is 5.31. The molecule has 6 heteroatoms. The van der Waals surface area contributed by atoms with E-state index in [1.165, 1.54) is 0 Å². The average Bonchev–Trinajstić information content (AvgIpc) is 2.78. The maximum Gasteiger partial charge on any atom is 0.157 e. The van der Waals surface area contributed by atoms with Crippen LogP contribution < -0.4 is 0 Å². The molecule has 0 saturated carbocycles. The molecule has 5 unspecified atom stereocenters. The summed E-state index contributed by atoms with van der Waals surface area (Å²) in [5, 5.41) is 10.4. The summed E-state index contributed by atoms with van der Waals surface area (Å²) in [4.78, 5) is 0. The molecule has 0 aliphatic carbocycles. The smallest absolute Gasteiger partial charge is 0.157 e. The van der Waals surface area contributed by atoms with Gasteiger partial charge in [-0.25, -0.2) is 8.51 Å². The van der Waals surface area contributed by atoms with Crippen LogP contribution in [0.1, 0.15) is 51.7 Å². The number of nitrogens with zero attached hydrogens (tertiary/aromatic N) is 1. The van der Waals surface area contributed by atoms with Gasteiger partial charge in [-0.1, -0.05) is 67.6 Å². The fourth-order valence-electron chi connectivity index (χ4n) is 3.90. The quantitative estimate of drug-likeness (QED) is 0.592. The molecular formula is C26H37NO4S. The van der Waals surface area contributed by atoms with E-state index >= 15 is 0 Å². The van der Waals surface area contributed by atoms with Gasteiger partial charge < -0.3 is 14.6 Å². The molecule has 1 N–H and O–H groups in total. The highest BCUT2D eigenvalue weighted by atomic mass is 32.2. The van der Waals surface area contributed by atoms with E-state index in [9.17, 15) is 9.32 Å². The van der Waals surface area contributed by atoms with E-state index < -0.39 is 22.0 Å². The Kier molecular flexibility index (Phi) is 9.03. The molecule has 0 spiro atoms. The monoisotopic (exact) mass is 459 g/mol. The number of rotatable bonds is 9. The third-order valence-corrected chi connectivity index (χ3v) is 7.70. The molecule has 5 atom stereocenters. The van der Waals surface area contributed by atoms with Gasteiger partial charge in [0.05, 0.1) is 30.1 Å². The maximum atomic E-state index is 13.7. The molecule has 5 nitrogen and oxygen atoms in total. The fraction of sp³-hybridized carbons (Fsp3) is 0.538. The van der Waals surface area contributed by atoms with Crippen molar-refractivity contribution >= 4 is 11.0 Å². The second kappa shape index (κ2) is 11.5. The van der Waals surface area contributed by atoms with E-state index in [1.807, 2.05) is 92.7 Å². The topological polar surface area (TPSA) is 59.0 Å². The molecule has 0 radical (unpaired) electrons. The van der Waals surface area contributed by atoms with E-state index in [-0.39, 0.29) is 18.1 Å². The summed E-state index contributed by atoms with van der Waals surface area (Å²) in [5.41, 5.74) is 2.18. The number of hydrogen-bond acceptors (Lipinski definition) is 4. The van der Waals surface area contributed by atoms with Crippen molar-refractivity contribution in [2.24, 2.45) is 5.92 Å². The van der Waals surface area contributed by atoms with Gasteiger partial charge in [-0.15, -0.1) is 0 Å². The van der Waals surface area contributed by atoms with Gasteiger partial charge in [-0.2, -0.15) is 0 Å². The van der Waals surface area contributed by atoms with Crippen LogP contribution in [-0.4, -0.2) is 43.4 Å². The minimum absolute atomic E-state index is 0.0906. The van der Waals surface area contributed by atoms with Gasteiger partial charge in [-0.3, -0.25) is 0 Å². The number of aliphatic hydroxyl groups excluding tert-OH is 1. The summed E-state index contributed by atoms with van der Waals surface area (Å²) in [6.45, 7) is 9.33. The third-order valence-electron chi connectivity index (χ3n) is 5.82. The lowest BCUT2D eigenvalue weighted by atomic mass is 9.95. The summed E-state index contributed by atoms with van der Waals surface area (Å²) < 4.78 is 27.5. The molecular weight excluding hydrogens is 422 g/mol. The Morgan fingerprint density at radius 1 is 1.06 bits per heavy atom. The molecule has 2 aromatic carbocycles. The predicted octanol–water partition coefficient (Wildman–Crippen LogP) is 4.67. The van der Waals surface area contributed by atoms with Crippen LogP contribution in [0.5, 0.6) is 0 Å². The zero-order valence-electron chi connectivity index (χ0n) is 19.6. The van der Waals surface area contributed by atoms with Gasteiger partial charge in [0, 0.05) is 12.5 Å². The molecule has 0 amide bonds. The van der Waals surface area contributed by atoms with E-state index in [0.29, 0.717) is 19.8 Å². The van der Waals surface area contributed by atoms with Crippen molar-refractivity contribution in [1.82, 2.24) is 4.31 Å². The minimum Gasteiger partial charge on any atom is -0.375 e. The number of aliphatic hydroxyl groups is 1. The lowest BCUT2D eigenvalue weighted by Crippen LogP contribution is -2.54. The molecule has 1 aliphatic rings. The standard InChI is InChI=1S/C26H37NO4S/c1-20-15-16-24(31-25(20)28)23(19-30-18-22-13-9-6-10-14-22)27(32(29)26(2,3)4)17-21-11-7-5-8-12-21/h5-14,20,23-25,28H,15-19H2,1-4H3. The van der Waals surface area contributed by atoms with Crippen LogP contribution in [0.3, 0.4) is 0 Å². The van der Waals surface area contributed by atoms with Crippen molar-refractivity contribution in [3.63, 3.8) is 0 Å². The Morgan fingerprint density at radius 3 is 2.22 bits per heavy atom. The van der Waals surface area contributed by atoms with E-state index in [0.717, 1.165) is 24.0 Å². The van der Waals surface area contributed by atoms with Crippen LogP contribution in [0, 0.1) is 5.92 Å². The highest BCUT2D eigenvalue weighted by Gasteiger charge is 2.40. The van der Waals surface area contributed by atoms with Gasteiger partial charge in [0.15, 0.2) is 6.29 Å². The van der Waals surface area contributed by atoms with Crippen LogP contribution >= 0.6 is 0 Å². The Bertz CT molecular complexity index is 840. The Morgan fingerprint density at radius 2 is 1.66 bits per heavy atom. The Hall–Kier alpha value is -1.57. The number of hydrogen-bond donors (Lipinski definition) is 1. The minimum atomic E-state index is -1.28. The molecule has 176 valence electrons. The van der Waals surface area contributed by atoms with Crippen LogP contribution in [-0.2, 0) is 33.6 Å². The van der Waals surface area contributed by atoms with Crippen molar-refractivity contribution in [2.75, 3.05) is 6.61 Å². The van der Waals surface area contributed by atoms with Gasteiger partial charge in [0.2, 0.25) is 0 Å². The van der Waals surface area contributed by atoms with Crippen LogP contribution in [0.4, 0.5) is 0 Å². The third kappa shape index (κ3) is 6.96. The lowest BCUT2D eigenvalue weighted by Gasteiger charge is -2.42. The SMILES string of the molecule is CC1CCC(C(COCc2ccccc2)N(Cc2ccccc2)S(=O)C(C)(C)C)OC1O. The molecule has 1 fully saturated rings. The van der Waals surface area contributed by atoms with Crippen molar-refractivity contribution < 1.29 is 18.8 Å². The normalized spacial score (nSPS) is 23.8. The maximum absolute atomic E-state index is 13.7. The highest BCUT2D eigenvalue weighted by Crippen LogP contribution is 2.30. The Labute approximate surface area is 195 Å². The first-order chi connectivity index (χ1) is 15.3. The number of ether oxygens (including phenoxy) is 2. The molecule has 0 aromatic heterocycles. The van der Waals surface area contributed by atoms with Crippen LogP contribution in [0.25, 0.3) is 0 Å². The van der Waals surface area contributed by atoms with Crippen molar-refractivity contribution in [1.29, 1.82) is 0 Å². The summed E-state index contributed by atoms with van der Waals surface area (Å²) in [6.07, 6.45) is 0.589. The second-order valence-corrected chi connectivity index (χ2v) is 11.8. The van der Waals surface area contributed by atoms with Crippen LogP contribution in [0.2, 0.25) is 0 Å². The lowest BCUT2D eigenvalue weighted by molar-refractivity contribution is -0.205. The van der Waals surface area contributed by atoms with Gasteiger partial charge in [-0.05, 0) is 44.7 Å². The van der Waals surface area contributed by atoms with E-state index in [2.05, 4.69) is 0 Å². The summed E-state index contributed by atoms with van der Waals surface area (Å²) in [6, 6.07) is 19.9. The highest BCUT2D eigenvalue weighted by molar-refractivity contribution is 7.84. The molecule has 32 heavy (non-hydrogen) atoms. The van der Waals surface area contributed by atoms with Crippen molar-refractivity contribution in [3.8, 4) is 0 Å². The summed E-state index contributed by atoms with van der Waals surface area (Å²) >= 11 is 0. The zero-order chi connectivity index (χ0) is 23.1. The number of benzene rings is 2. The molecule has 1 heterocycles. The molecule has 1 aliphatic heterocycles.